The molecule has 2 heterocycles. The van der Waals surface area contributed by atoms with E-state index in [4.69, 9.17) is 0 Å². The van der Waals surface area contributed by atoms with Crippen LogP contribution in [-0.4, -0.2) is 48.4 Å². The molecule has 0 aliphatic carbocycles. The highest BCUT2D eigenvalue weighted by Crippen LogP contribution is 2.28. The zero-order chi connectivity index (χ0) is 20.4. The molecule has 0 N–H and O–H groups in total. The lowest BCUT2D eigenvalue weighted by molar-refractivity contribution is -0.138. The lowest BCUT2D eigenvalue weighted by Gasteiger charge is -2.34. The Morgan fingerprint density at radius 3 is 2.18 bits per heavy atom. The fraction of sp³-hybridized carbons (Fsp3) is 0.389. The summed E-state index contributed by atoms with van der Waals surface area (Å²) in [6.45, 7) is 1.09. The maximum absolute atomic E-state index is 12.8. The van der Waals surface area contributed by atoms with Gasteiger partial charge in [0.1, 0.15) is 0 Å². The van der Waals surface area contributed by atoms with Gasteiger partial charge in [0.15, 0.2) is 0 Å². The number of hydrogen-bond donors (Lipinski definition) is 0. The van der Waals surface area contributed by atoms with Crippen LogP contribution in [0.25, 0.3) is 0 Å². The number of hydrogen-bond acceptors (Lipinski definition) is 4. The van der Waals surface area contributed by atoms with E-state index in [1.54, 1.807) is 29.2 Å². The van der Waals surface area contributed by atoms with Crippen LogP contribution in [-0.2, 0) is 28.6 Å². The van der Waals surface area contributed by atoms with Crippen LogP contribution < -0.4 is 5.56 Å². The molecule has 1 aliphatic rings. The summed E-state index contributed by atoms with van der Waals surface area (Å²) in [5.74, 6) is -0.0963. The molecular weight excluding hydrogens is 395 g/mol. The van der Waals surface area contributed by atoms with E-state index in [2.05, 4.69) is 0 Å². The van der Waals surface area contributed by atoms with Crippen LogP contribution in [0, 0.1) is 0 Å². The smallest absolute Gasteiger partial charge is 0.301 e. The van der Waals surface area contributed by atoms with E-state index in [1.165, 1.54) is 4.31 Å². The quantitative estimate of drug-likeness (QED) is 0.749. The Hall–Kier alpha value is -2.17. The topological polar surface area (TPSA) is 62.6 Å². The number of halogens is 3. The van der Waals surface area contributed by atoms with Gasteiger partial charge in [-0.05, 0) is 11.6 Å². The molecule has 2 aromatic rings. The summed E-state index contributed by atoms with van der Waals surface area (Å²) >= 11 is 0. The van der Waals surface area contributed by atoms with Crippen molar-refractivity contribution in [1.82, 2.24) is 13.8 Å². The molecule has 0 saturated carbocycles. The van der Waals surface area contributed by atoms with Crippen LogP contribution in [0.15, 0.2) is 53.5 Å². The van der Waals surface area contributed by atoms with E-state index >= 15 is 0 Å². The molecule has 0 bridgehead atoms. The van der Waals surface area contributed by atoms with Crippen molar-refractivity contribution in [1.29, 1.82) is 0 Å². The lowest BCUT2D eigenvalue weighted by atomic mass is 10.2. The maximum atomic E-state index is 12.8. The molecule has 1 aromatic heterocycles. The van der Waals surface area contributed by atoms with E-state index in [9.17, 15) is 26.4 Å². The molecule has 1 aromatic carbocycles. The van der Waals surface area contributed by atoms with E-state index < -0.39 is 27.3 Å². The summed E-state index contributed by atoms with van der Waals surface area (Å²) in [6, 6.07) is 10.5. The molecule has 0 atom stereocenters. The second-order valence-corrected chi connectivity index (χ2v) is 8.59. The SMILES string of the molecule is O=c1ccc(C(F)(F)F)cn1CN1CCN(S(=O)(=O)Cc2ccccc2)CC1. The Morgan fingerprint density at radius 1 is 0.929 bits per heavy atom. The zero-order valence-corrected chi connectivity index (χ0v) is 15.8. The molecule has 0 unspecified atom stereocenters. The van der Waals surface area contributed by atoms with E-state index in [1.807, 2.05) is 6.07 Å². The summed E-state index contributed by atoms with van der Waals surface area (Å²) in [5, 5.41) is 0. The highest BCUT2D eigenvalue weighted by molar-refractivity contribution is 7.88. The molecule has 152 valence electrons. The Balaban J connectivity index is 1.62. The fourth-order valence-electron chi connectivity index (χ4n) is 3.05. The van der Waals surface area contributed by atoms with Crippen molar-refractivity contribution in [2.24, 2.45) is 0 Å². The van der Waals surface area contributed by atoms with Crippen molar-refractivity contribution in [3.05, 3.63) is 70.1 Å². The number of pyridine rings is 1. The Morgan fingerprint density at radius 2 is 1.57 bits per heavy atom. The van der Waals surface area contributed by atoms with Gasteiger partial charge in [0.2, 0.25) is 10.0 Å². The molecule has 6 nitrogen and oxygen atoms in total. The van der Waals surface area contributed by atoms with Gasteiger partial charge < -0.3 is 4.57 Å². The number of aromatic nitrogens is 1. The van der Waals surface area contributed by atoms with Gasteiger partial charge in [-0.1, -0.05) is 30.3 Å². The third-order valence-corrected chi connectivity index (χ3v) is 6.43. The Kier molecular flexibility index (Phi) is 5.92. The van der Waals surface area contributed by atoms with Gasteiger partial charge in [-0.2, -0.15) is 17.5 Å². The molecule has 0 amide bonds. The number of sulfonamides is 1. The normalized spacial score (nSPS) is 17.0. The van der Waals surface area contributed by atoms with Crippen molar-refractivity contribution in [3.8, 4) is 0 Å². The minimum absolute atomic E-state index is 0.0185. The average Bonchev–Trinajstić information content (AvgIpc) is 2.63. The van der Waals surface area contributed by atoms with Gasteiger partial charge in [-0.15, -0.1) is 0 Å². The number of alkyl halides is 3. The second-order valence-electron chi connectivity index (χ2n) is 6.62. The van der Waals surface area contributed by atoms with Gasteiger partial charge in [-0.25, -0.2) is 8.42 Å². The Labute approximate surface area is 160 Å². The summed E-state index contributed by atoms with van der Waals surface area (Å²) in [5.41, 5.74) is -0.733. The van der Waals surface area contributed by atoms with Gasteiger partial charge in [0.05, 0.1) is 18.0 Å². The molecule has 0 radical (unpaired) electrons. The molecule has 28 heavy (non-hydrogen) atoms. The van der Waals surface area contributed by atoms with Crippen molar-refractivity contribution in [2.75, 3.05) is 26.2 Å². The second kappa shape index (κ2) is 8.06. The number of rotatable bonds is 5. The van der Waals surface area contributed by atoms with E-state index in [0.717, 1.165) is 22.9 Å². The molecule has 1 saturated heterocycles. The van der Waals surface area contributed by atoms with Crippen LogP contribution in [0.3, 0.4) is 0 Å². The largest absolute Gasteiger partial charge is 0.417 e. The minimum atomic E-state index is -4.53. The molecular formula is C18H20F3N3O3S. The first-order valence-corrected chi connectivity index (χ1v) is 10.3. The van der Waals surface area contributed by atoms with E-state index in [-0.39, 0.29) is 25.5 Å². The third kappa shape index (κ3) is 5.00. The van der Waals surface area contributed by atoms with Gasteiger partial charge in [0, 0.05) is 38.4 Å². The molecule has 0 spiro atoms. The van der Waals surface area contributed by atoms with Gasteiger partial charge >= 0.3 is 6.18 Å². The van der Waals surface area contributed by atoms with Crippen LogP contribution >= 0.6 is 0 Å². The fourth-order valence-corrected chi connectivity index (χ4v) is 4.57. The predicted molar refractivity (Wildman–Crippen MR) is 97.9 cm³/mol. The first-order chi connectivity index (χ1) is 13.1. The number of benzene rings is 1. The number of piperazine rings is 1. The van der Waals surface area contributed by atoms with Crippen LogP contribution in [0.5, 0.6) is 0 Å². The Bertz CT molecular complexity index is 967. The van der Waals surface area contributed by atoms with Crippen molar-refractivity contribution in [2.45, 2.75) is 18.6 Å². The van der Waals surface area contributed by atoms with Gasteiger partial charge in [-0.3, -0.25) is 9.69 Å². The molecule has 1 fully saturated rings. The highest BCUT2D eigenvalue weighted by Gasteiger charge is 2.31. The molecule has 10 heteroatoms. The summed E-state index contributed by atoms with van der Waals surface area (Å²) < 4.78 is 66.0. The van der Waals surface area contributed by atoms with Crippen LogP contribution in [0.2, 0.25) is 0 Å². The molecule has 1 aliphatic heterocycles. The third-order valence-electron chi connectivity index (χ3n) is 4.58. The lowest BCUT2D eigenvalue weighted by Crippen LogP contribution is -2.49. The van der Waals surface area contributed by atoms with Crippen LogP contribution in [0.1, 0.15) is 11.1 Å². The molecule has 3 rings (SSSR count). The standard InChI is InChI=1S/C18H20F3N3O3S/c19-18(20,21)16-6-7-17(25)23(12-16)14-22-8-10-24(11-9-22)28(26,27)13-15-4-2-1-3-5-15/h1-7,12H,8-11,13-14H2. The average molecular weight is 415 g/mol. The van der Waals surface area contributed by atoms with Gasteiger partial charge in [0.25, 0.3) is 5.56 Å². The summed E-state index contributed by atoms with van der Waals surface area (Å²) in [6.07, 6.45) is -3.74. The summed E-state index contributed by atoms with van der Waals surface area (Å²) in [4.78, 5) is 13.6. The van der Waals surface area contributed by atoms with Crippen molar-refractivity contribution < 1.29 is 21.6 Å². The predicted octanol–water partition coefficient (Wildman–Crippen LogP) is 1.97. The summed E-state index contributed by atoms with van der Waals surface area (Å²) in [7, 11) is -3.48. The van der Waals surface area contributed by atoms with Crippen LogP contribution in [0.4, 0.5) is 13.2 Å². The minimum Gasteiger partial charge on any atom is -0.301 e. The first-order valence-electron chi connectivity index (χ1n) is 8.67. The monoisotopic (exact) mass is 415 g/mol. The van der Waals surface area contributed by atoms with E-state index in [0.29, 0.717) is 18.7 Å². The number of nitrogens with zero attached hydrogens (tertiary/aromatic N) is 3. The van der Waals surface area contributed by atoms with Crippen molar-refractivity contribution >= 4 is 10.0 Å². The maximum Gasteiger partial charge on any atom is 0.417 e. The first kappa shape index (κ1) is 20.6. The highest BCUT2D eigenvalue weighted by atomic mass is 32.2. The van der Waals surface area contributed by atoms with Crippen molar-refractivity contribution in [3.63, 3.8) is 0 Å². The zero-order valence-electron chi connectivity index (χ0n) is 15.0.